The van der Waals surface area contributed by atoms with E-state index in [1.165, 1.54) is 5.56 Å². The molecule has 2 rings (SSSR count). The van der Waals surface area contributed by atoms with Gasteiger partial charge in [-0.15, -0.1) is 0 Å². The van der Waals surface area contributed by atoms with Crippen molar-refractivity contribution in [3.05, 3.63) is 34.3 Å². The summed E-state index contributed by atoms with van der Waals surface area (Å²) in [6, 6.07) is 8.40. The van der Waals surface area contributed by atoms with E-state index >= 15 is 0 Å². The van der Waals surface area contributed by atoms with Crippen LogP contribution in [-0.4, -0.2) is 24.3 Å². The lowest BCUT2D eigenvalue weighted by molar-refractivity contribution is -0.112. The predicted octanol–water partition coefficient (Wildman–Crippen LogP) is 2.86. The molecule has 86 valence electrons. The molecular formula is C13H16BrNO. The van der Waals surface area contributed by atoms with E-state index < -0.39 is 0 Å². The Morgan fingerprint density at radius 3 is 2.81 bits per heavy atom. The molecule has 1 aromatic rings. The quantitative estimate of drug-likeness (QED) is 0.795. The molecule has 0 saturated carbocycles. The first kappa shape index (κ1) is 11.8. The van der Waals surface area contributed by atoms with Crippen LogP contribution in [0.5, 0.6) is 0 Å². The number of nitrogens with zero attached hydrogens (tertiary/aromatic N) is 1. The molecule has 0 N–H and O–H groups in total. The van der Waals surface area contributed by atoms with Crippen LogP contribution >= 0.6 is 15.9 Å². The lowest BCUT2D eigenvalue weighted by Gasteiger charge is -2.30. The minimum absolute atomic E-state index is 0.240. The van der Waals surface area contributed by atoms with Crippen LogP contribution in [0.3, 0.4) is 0 Å². The molecule has 1 unspecified atom stereocenters. The summed E-state index contributed by atoms with van der Waals surface area (Å²) in [6.45, 7) is 2.98. The predicted molar refractivity (Wildman–Crippen MR) is 68.2 cm³/mol. The Morgan fingerprint density at radius 2 is 2.12 bits per heavy atom. The van der Waals surface area contributed by atoms with Crippen molar-refractivity contribution in [2.75, 3.05) is 13.1 Å². The van der Waals surface area contributed by atoms with Crippen molar-refractivity contribution in [1.82, 2.24) is 4.90 Å². The second-order valence-corrected chi connectivity index (χ2v) is 5.32. The molecule has 0 aromatic heterocycles. The minimum Gasteiger partial charge on any atom is -0.303 e. The van der Waals surface area contributed by atoms with Crippen LogP contribution in [0.1, 0.15) is 18.4 Å². The van der Waals surface area contributed by atoms with E-state index in [0.29, 0.717) is 0 Å². The van der Waals surface area contributed by atoms with Crippen molar-refractivity contribution in [1.29, 1.82) is 0 Å². The van der Waals surface area contributed by atoms with Gasteiger partial charge in [0, 0.05) is 23.5 Å². The standard InChI is InChI=1S/C13H16BrNO/c14-13-5-3-11(4-6-13)8-15-7-1-2-12(9-15)10-16/h3-6,10,12H,1-2,7-9H2. The lowest BCUT2D eigenvalue weighted by atomic mass is 9.99. The normalized spacial score (nSPS) is 21.9. The van der Waals surface area contributed by atoms with Crippen LogP contribution in [0.2, 0.25) is 0 Å². The van der Waals surface area contributed by atoms with Crippen LogP contribution in [-0.2, 0) is 11.3 Å². The number of carbonyl (C=O) groups is 1. The molecule has 1 aliphatic heterocycles. The van der Waals surface area contributed by atoms with E-state index in [4.69, 9.17) is 0 Å². The maximum Gasteiger partial charge on any atom is 0.124 e. The molecule has 2 nitrogen and oxygen atoms in total. The van der Waals surface area contributed by atoms with Gasteiger partial charge in [-0.05, 0) is 37.1 Å². The molecule has 3 heteroatoms. The third kappa shape index (κ3) is 3.16. The van der Waals surface area contributed by atoms with Gasteiger partial charge in [-0.3, -0.25) is 4.90 Å². The zero-order chi connectivity index (χ0) is 11.4. The second kappa shape index (κ2) is 5.60. The Hall–Kier alpha value is -0.670. The number of halogens is 1. The van der Waals surface area contributed by atoms with Gasteiger partial charge in [-0.1, -0.05) is 28.1 Å². The maximum absolute atomic E-state index is 10.8. The van der Waals surface area contributed by atoms with Gasteiger partial charge in [0.2, 0.25) is 0 Å². The van der Waals surface area contributed by atoms with E-state index in [1.807, 2.05) is 0 Å². The zero-order valence-electron chi connectivity index (χ0n) is 9.23. The van der Waals surface area contributed by atoms with Gasteiger partial charge in [-0.25, -0.2) is 0 Å². The summed E-state index contributed by atoms with van der Waals surface area (Å²) in [6.07, 6.45) is 3.30. The Morgan fingerprint density at radius 1 is 1.38 bits per heavy atom. The number of aldehydes is 1. The molecule has 16 heavy (non-hydrogen) atoms. The molecule has 1 atom stereocenters. The van der Waals surface area contributed by atoms with Gasteiger partial charge in [0.25, 0.3) is 0 Å². The number of rotatable bonds is 3. The van der Waals surface area contributed by atoms with Crippen molar-refractivity contribution < 1.29 is 4.79 Å². The third-order valence-corrected chi connectivity index (χ3v) is 3.58. The zero-order valence-corrected chi connectivity index (χ0v) is 10.8. The molecule has 1 saturated heterocycles. The highest BCUT2D eigenvalue weighted by molar-refractivity contribution is 9.10. The van der Waals surface area contributed by atoms with E-state index in [0.717, 1.165) is 43.2 Å². The number of hydrogen-bond acceptors (Lipinski definition) is 2. The van der Waals surface area contributed by atoms with Gasteiger partial charge in [-0.2, -0.15) is 0 Å². The second-order valence-electron chi connectivity index (χ2n) is 4.40. The van der Waals surface area contributed by atoms with Gasteiger partial charge in [0.15, 0.2) is 0 Å². The average Bonchev–Trinajstić information content (AvgIpc) is 2.32. The van der Waals surface area contributed by atoms with Crippen LogP contribution < -0.4 is 0 Å². The molecule has 0 bridgehead atoms. The lowest BCUT2D eigenvalue weighted by Crippen LogP contribution is -2.35. The number of benzene rings is 1. The van der Waals surface area contributed by atoms with E-state index in [-0.39, 0.29) is 5.92 Å². The first-order valence-corrected chi connectivity index (χ1v) is 6.49. The van der Waals surface area contributed by atoms with Gasteiger partial charge in [0.05, 0.1) is 0 Å². The first-order chi connectivity index (χ1) is 7.78. The fraction of sp³-hybridized carbons (Fsp3) is 0.462. The van der Waals surface area contributed by atoms with Gasteiger partial charge in [0.1, 0.15) is 6.29 Å². The fourth-order valence-electron chi connectivity index (χ4n) is 2.19. The SMILES string of the molecule is O=CC1CCCN(Cc2ccc(Br)cc2)C1. The molecule has 0 aliphatic carbocycles. The third-order valence-electron chi connectivity index (χ3n) is 3.05. The van der Waals surface area contributed by atoms with E-state index in [2.05, 4.69) is 45.1 Å². The molecule has 1 fully saturated rings. The Bertz CT molecular complexity index is 349. The Labute approximate surface area is 105 Å². The highest BCUT2D eigenvalue weighted by atomic mass is 79.9. The summed E-state index contributed by atoms with van der Waals surface area (Å²) in [7, 11) is 0. The monoisotopic (exact) mass is 281 g/mol. The number of hydrogen-bond donors (Lipinski definition) is 0. The Balaban J connectivity index is 1.93. The van der Waals surface area contributed by atoms with Crippen LogP contribution in [0, 0.1) is 5.92 Å². The van der Waals surface area contributed by atoms with Crippen LogP contribution in [0.15, 0.2) is 28.7 Å². The van der Waals surface area contributed by atoms with Crippen molar-refractivity contribution in [2.24, 2.45) is 5.92 Å². The topological polar surface area (TPSA) is 20.3 Å². The van der Waals surface area contributed by atoms with Crippen LogP contribution in [0.4, 0.5) is 0 Å². The maximum atomic E-state index is 10.8. The highest BCUT2D eigenvalue weighted by Crippen LogP contribution is 2.18. The molecule has 1 heterocycles. The van der Waals surface area contributed by atoms with Gasteiger partial charge >= 0.3 is 0 Å². The molecule has 1 aliphatic rings. The number of likely N-dealkylation sites (tertiary alicyclic amines) is 1. The fourth-order valence-corrected chi connectivity index (χ4v) is 2.46. The molecular weight excluding hydrogens is 266 g/mol. The molecule has 0 amide bonds. The first-order valence-electron chi connectivity index (χ1n) is 5.70. The minimum atomic E-state index is 0.240. The largest absolute Gasteiger partial charge is 0.303 e. The van der Waals surface area contributed by atoms with Crippen LogP contribution in [0.25, 0.3) is 0 Å². The molecule has 0 radical (unpaired) electrons. The summed E-state index contributed by atoms with van der Waals surface area (Å²) in [4.78, 5) is 13.1. The van der Waals surface area contributed by atoms with E-state index in [9.17, 15) is 4.79 Å². The van der Waals surface area contributed by atoms with Crippen molar-refractivity contribution in [3.8, 4) is 0 Å². The molecule has 1 aromatic carbocycles. The van der Waals surface area contributed by atoms with E-state index in [1.54, 1.807) is 0 Å². The number of carbonyl (C=O) groups excluding carboxylic acids is 1. The number of piperidine rings is 1. The summed E-state index contributed by atoms with van der Waals surface area (Å²) >= 11 is 3.43. The average molecular weight is 282 g/mol. The smallest absolute Gasteiger partial charge is 0.124 e. The summed E-state index contributed by atoms with van der Waals surface area (Å²) in [5.41, 5.74) is 1.31. The summed E-state index contributed by atoms with van der Waals surface area (Å²) < 4.78 is 1.11. The highest BCUT2D eigenvalue weighted by Gasteiger charge is 2.18. The van der Waals surface area contributed by atoms with Gasteiger partial charge < -0.3 is 4.79 Å². The Kier molecular flexibility index (Phi) is 4.13. The summed E-state index contributed by atoms with van der Waals surface area (Å²) in [5.74, 6) is 0.240. The van der Waals surface area contributed by atoms with Crippen molar-refractivity contribution >= 4 is 22.2 Å². The summed E-state index contributed by atoms with van der Waals surface area (Å²) in [5, 5.41) is 0. The molecule has 0 spiro atoms. The van der Waals surface area contributed by atoms with Crippen molar-refractivity contribution in [3.63, 3.8) is 0 Å². The van der Waals surface area contributed by atoms with Crippen molar-refractivity contribution in [2.45, 2.75) is 19.4 Å².